The molecule has 2 atom stereocenters. The Kier molecular flexibility index (Phi) is 7.31. The number of hydrogen-bond acceptors (Lipinski definition) is 5. The zero-order chi connectivity index (χ0) is 18.2. The first kappa shape index (κ1) is 19.3. The second-order valence-corrected chi connectivity index (χ2v) is 7.07. The number of urea groups is 1. The van der Waals surface area contributed by atoms with E-state index in [9.17, 15) is 14.4 Å². The SMILES string of the molecule is CSc1ccc(C(=O)OCC(=O)NC(=O)N[C@H]2CCCC[C@H]2C)cc1. The molecule has 0 radical (unpaired) electrons. The Balaban J connectivity index is 1.73. The molecule has 1 saturated carbocycles. The number of hydrogen-bond donors (Lipinski definition) is 2. The lowest BCUT2D eigenvalue weighted by atomic mass is 9.86. The molecular weight excluding hydrogens is 340 g/mol. The normalized spacial score (nSPS) is 19.8. The summed E-state index contributed by atoms with van der Waals surface area (Å²) in [6.07, 6.45) is 6.19. The van der Waals surface area contributed by atoms with E-state index in [0.29, 0.717) is 11.5 Å². The van der Waals surface area contributed by atoms with Gasteiger partial charge < -0.3 is 10.1 Å². The number of carbonyl (C=O) groups is 3. The molecule has 0 saturated heterocycles. The number of nitrogens with one attached hydrogen (secondary N) is 2. The summed E-state index contributed by atoms with van der Waals surface area (Å²) in [5.74, 6) is -0.837. The van der Waals surface area contributed by atoms with Crippen LogP contribution in [0.3, 0.4) is 0 Å². The third kappa shape index (κ3) is 6.08. The van der Waals surface area contributed by atoms with Gasteiger partial charge in [0.15, 0.2) is 6.61 Å². The van der Waals surface area contributed by atoms with Crippen LogP contribution in [-0.4, -0.2) is 36.8 Å². The van der Waals surface area contributed by atoms with Crippen LogP contribution >= 0.6 is 11.8 Å². The predicted octanol–water partition coefficient (Wildman–Crippen LogP) is 2.97. The average Bonchev–Trinajstić information content (AvgIpc) is 2.61. The van der Waals surface area contributed by atoms with Crippen molar-refractivity contribution in [3.8, 4) is 0 Å². The minimum atomic E-state index is -0.643. The van der Waals surface area contributed by atoms with Gasteiger partial charge in [-0.3, -0.25) is 10.1 Å². The van der Waals surface area contributed by atoms with Crippen LogP contribution in [0.25, 0.3) is 0 Å². The summed E-state index contributed by atoms with van der Waals surface area (Å²) in [5, 5.41) is 5.02. The van der Waals surface area contributed by atoms with Gasteiger partial charge in [-0.05, 0) is 49.3 Å². The van der Waals surface area contributed by atoms with Crippen LogP contribution in [0.5, 0.6) is 0 Å². The summed E-state index contributed by atoms with van der Waals surface area (Å²) in [4.78, 5) is 36.5. The maximum atomic E-state index is 11.9. The fraction of sp³-hybridized carbons (Fsp3) is 0.500. The number of amides is 3. The number of thioether (sulfide) groups is 1. The standard InChI is InChI=1S/C18H24N2O4S/c1-12-5-3-4-6-15(12)19-18(23)20-16(21)11-24-17(22)13-7-9-14(25-2)10-8-13/h7-10,12,15H,3-6,11H2,1-2H3,(H2,19,20,21,23)/t12-,15+/m1/s1. The molecule has 25 heavy (non-hydrogen) atoms. The molecule has 3 amide bonds. The van der Waals surface area contributed by atoms with Crippen LogP contribution in [0.4, 0.5) is 4.79 Å². The lowest BCUT2D eigenvalue weighted by Crippen LogP contribution is -2.48. The van der Waals surface area contributed by atoms with Crippen molar-refractivity contribution in [2.45, 2.75) is 43.5 Å². The monoisotopic (exact) mass is 364 g/mol. The maximum absolute atomic E-state index is 11.9. The summed E-state index contributed by atoms with van der Waals surface area (Å²) in [5.41, 5.74) is 0.367. The van der Waals surface area contributed by atoms with Crippen molar-refractivity contribution in [1.82, 2.24) is 10.6 Å². The number of rotatable bonds is 5. The Morgan fingerprint density at radius 3 is 2.48 bits per heavy atom. The number of benzene rings is 1. The van der Waals surface area contributed by atoms with Crippen LogP contribution in [0.1, 0.15) is 43.0 Å². The maximum Gasteiger partial charge on any atom is 0.338 e. The van der Waals surface area contributed by atoms with Crippen molar-refractivity contribution < 1.29 is 19.1 Å². The van der Waals surface area contributed by atoms with E-state index >= 15 is 0 Å². The first-order chi connectivity index (χ1) is 12.0. The summed E-state index contributed by atoms with van der Waals surface area (Å²) in [6.45, 7) is 1.60. The van der Waals surface area contributed by atoms with Crippen LogP contribution in [0.15, 0.2) is 29.2 Å². The lowest BCUT2D eigenvalue weighted by Gasteiger charge is -2.29. The van der Waals surface area contributed by atoms with Gasteiger partial charge in [0.05, 0.1) is 5.56 Å². The molecular formula is C18H24N2O4S. The molecule has 0 unspecified atom stereocenters. The van der Waals surface area contributed by atoms with Gasteiger partial charge in [0.25, 0.3) is 5.91 Å². The first-order valence-corrected chi connectivity index (χ1v) is 9.63. The van der Waals surface area contributed by atoms with E-state index in [-0.39, 0.29) is 6.04 Å². The summed E-state index contributed by atoms with van der Waals surface area (Å²) < 4.78 is 4.94. The van der Waals surface area contributed by atoms with Crippen molar-refractivity contribution >= 4 is 29.7 Å². The smallest absolute Gasteiger partial charge is 0.338 e. The van der Waals surface area contributed by atoms with Crippen molar-refractivity contribution in [3.63, 3.8) is 0 Å². The van der Waals surface area contributed by atoms with Gasteiger partial charge in [0.2, 0.25) is 0 Å². The van der Waals surface area contributed by atoms with Crippen LogP contribution in [0.2, 0.25) is 0 Å². The topological polar surface area (TPSA) is 84.5 Å². The molecule has 2 N–H and O–H groups in total. The van der Waals surface area contributed by atoms with Gasteiger partial charge in [-0.1, -0.05) is 19.8 Å². The van der Waals surface area contributed by atoms with E-state index < -0.39 is 24.5 Å². The molecule has 1 aliphatic carbocycles. The zero-order valence-corrected chi connectivity index (χ0v) is 15.4. The Morgan fingerprint density at radius 2 is 1.84 bits per heavy atom. The van der Waals surface area contributed by atoms with Gasteiger partial charge in [-0.2, -0.15) is 0 Å². The molecule has 0 aromatic heterocycles. The molecule has 1 aromatic rings. The molecule has 2 rings (SSSR count). The van der Waals surface area contributed by atoms with E-state index in [0.717, 1.165) is 24.2 Å². The fourth-order valence-electron chi connectivity index (χ4n) is 2.84. The average molecular weight is 364 g/mol. The lowest BCUT2D eigenvalue weighted by molar-refractivity contribution is -0.123. The minimum absolute atomic E-state index is 0.0825. The highest BCUT2D eigenvalue weighted by Gasteiger charge is 2.23. The van der Waals surface area contributed by atoms with Crippen LogP contribution in [-0.2, 0) is 9.53 Å². The fourth-order valence-corrected chi connectivity index (χ4v) is 3.25. The summed E-state index contributed by atoms with van der Waals surface area (Å²) in [7, 11) is 0. The van der Waals surface area contributed by atoms with Gasteiger partial charge in [0.1, 0.15) is 0 Å². The molecule has 7 heteroatoms. The highest BCUT2D eigenvalue weighted by atomic mass is 32.2. The quantitative estimate of drug-likeness (QED) is 0.620. The van der Waals surface area contributed by atoms with Crippen molar-refractivity contribution in [2.75, 3.05) is 12.9 Å². The van der Waals surface area contributed by atoms with Crippen LogP contribution < -0.4 is 10.6 Å². The largest absolute Gasteiger partial charge is 0.452 e. The van der Waals surface area contributed by atoms with Crippen molar-refractivity contribution in [2.24, 2.45) is 5.92 Å². The zero-order valence-electron chi connectivity index (χ0n) is 14.5. The highest BCUT2D eigenvalue weighted by molar-refractivity contribution is 7.98. The molecule has 1 aliphatic rings. The number of esters is 1. The Labute approximate surface area is 152 Å². The molecule has 1 aromatic carbocycles. The van der Waals surface area contributed by atoms with E-state index in [1.54, 1.807) is 36.0 Å². The van der Waals surface area contributed by atoms with Gasteiger partial charge in [-0.15, -0.1) is 11.8 Å². The number of carbonyl (C=O) groups excluding carboxylic acids is 3. The van der Waals surface area contributed by atoms with Gasteiger partial charge in [0, 0.05) is 10.9 Å². The van der Waals surface area contributed by atoms with Crippen LogP contribution in [0, 0.1) is 5.92 Å². The molecule has 1 fully saturated rings. The Bertz CT molecular complexity index is 618. The van der Waals surface area contributed by atoms with Crippen molar-refractivity contribution in [1.29, 1.82) is 0 Å². The number of ether oxygens (including phenoxy) is 1. The summed E-state index contributed by atoms with van der Waals surface area (Å²) >= 11 is 1.57. The van der Waals surface area contributed by atoms with E-state index in [1.165, 1.54) is 6.42 Å². The third-order valence-corrected chi connectivity index (χ3v) is 5.08. The van der Waals surface area contributed by atoms with E-state index in [1.807, 2.05) is 6.26 Å². The first-order valence-electron chi connectivity index (χ1n) is 8.41. The van der Waals surface area contributed by atoms with Gasteiger partial charge in [-0.25, -0.2) is 9.59 Å². The highest BCUT2D eigenvalue weighted by Crippen LogP contribution is 2.23. The summed E-state index contributed by atoms with van der Waals surface area (Å²) in [6, 6.07) is 6.44. The van der Waals surface area contributed by atoms with Gasteiger partial charge >= 0.3 is 12.0 Å². The Hall–Kier alpha value is -2.02. The molecule has 136 valence electrons. The third-order valence-electron chi connectivity index (χ3n) is 4.34. The van der Waals surface area contributed by atoms with Crippen molar-refractivity contribution in [3.05, 3.63) is 29.8 Å². The molecule has 6 nitrogen and oxygen atoms in total. The minimum Gasteiger partial charge on any atom is -0.452 e. The molecule has 0 bridgehead atoms. The number of imide groups is 1. The second-order valence-electron chi connectivity index (χ2n) is 6.19. The van der Waals surface area contributed by atoms with E-state index in [4.69, 9.17) is 4.74 Å². The molecule has 0 aliphatic heterocycles. The molecule has 0 heterocycles. The second kappa shape index (κ2) is 9.46. The Morgan fingerprint density at radius 1 is 1.16 bits per heavy atom. The molecule has 0 spiro atoms. The predicted molar refractivity (Wildman–Crippen MR) is 96.6 cm³/mol. The van der Waals surface area contributed by atoms with E-state index in [2.05, 4.69) is 17.6 Å².